The van der Waals surface area contributed by atoms with Gasteiger partial charge in [0, 0.05) is 18.0 Å². The molecule has 2 nitrogen and oxygen atoms in total. The van der Waals surface area contributed by atoms with Gasteiger partial charge in [0.15, 0.2) is 0 Å². The lowest BCUT2D eigenvalue weighted by atomic mass is 9.98. The van der Waals surface area contributed by atoms with Crippen molar-refractivity contribution >= 4 is 15.9 Å². The van der Waals surface area contributed by atoms with Gasteiger partial charge >= 0.3 is 0 Å². The third-order valence-electron chi connectivity index (χ3n) is 2.46. The van der Waals surface area contributed by atoms with Crippen LogP contribution in [0.4, 0.5) is 0 Å². The van der Waals surface area contributed by atoms with E-state index in [2.05, 4.69) is 45.8 Å². The summed E-state index contributed by atoms with van der Waals surface area (Å²) < 4.78 is 0.846. The van der Waals surface area contributed by atoms with Gasteiger partial charge in [0.2, 0.25) is 0 Å². The minimum Gasteiger partial charge on any atom is -0.256 e. The Bertz CT molecular complexity index is 478. The average Bonchev–Trinajstić information content (AvgIpc) is 2.30. The summed E-state index contributed by atoms with van der Waals surface area (Å²) in [6.45, 7) is 4.35. The molecule has 2 heterocycles. The first-order chi connectivity index (χ1) is 7.68. The third kappa shape index (κ3) is 2.30. The number of hydrogen-bond donors (Lipinski definition) is 0. The molecule has 0 amide bonds. The molecule has 0 aliphatic rings. The number of hydrogen-bond acceptors (Lipinski definition) is 2. The van der Waals surface area contributed by atoms with Crippen LogP contribution in [0, 0.1) is 0 Å². The fourth-order valence-electron chi connectivity index (χ4n) is 1.64. The molecule has 0 atom stereocenters. The standard InChI is InChI=1S/C13H13BrN2/c1-9(2)11-4-3-7-15-13(11)10-5-6-12(14)16-8-10/h3-9H,1-2H3. The number of halogens is 1. The molecule has 0 saturated carbocycles. The fourth-order valence-corrected chi connectivity index (χ4v) is 1.88. The monoisotopic (exact) mass is 276 g/mol. The quantitative estimate of drug-likeness (QED) is 0.774. The molecule has 0 unspecified atom stereocenters. The van der Waals surface area contributed by atoms with Crippen molar-refractivity contribution in [2.45, 2.75) is 19.8 Å². The topological polar surface area (TPSA) is 25.8 Å². The molecule has 0 spiro atoms. The van der Waals surface area contributed by atoms with Gasteiger partial charge in [-0.05, 0) is 45.6 Å². The Hall–Kier alpha value is -1.22. The van der Waals surface area contributed by atoms with Crippen LogP contribution in [0.25, 0.3) is 11.3 Å². The van der Waals surface area contributed by atoms with Crippen LogP contribution in [0.1, 0.15) is 25.3 Å². The van der Waals surface area contributed by atoms with Crippen LogP contribution in [0.5, 0.6) is 0 Å². The second-order valence-electron chi connectivity index (χ2n) is 3.97. The first kappa shape index (κ1) is 11.3. The number of rotatable bonds is 2. The Labute approximate surface area is 104 Å². The average molecular weight is 277 g/mol. The largest absolute Gasteiger partial charge is 0.256 e. The van der Waals surface area contributed by atoms with E-state index in [0.717, 1.165) is 15.9 Å². The molecule has 0 N–H and O–H groups in total. The van der Waals surface area contributed by atoms with E-state index in [9.17, 15) is 0 Å². The van der Waals surface area contributed by atoms with E-state index in [1.807, 2.05) is 30.6 Å². The van der Waals surface area contributed by atoms with Gasteiger partial charge in [-0.3, -0.25) is 4.98 Å². The Morgan fingerprint density at radius 1 is 1.12 bits per heavy atom. The highest BCUT2D eigenvalue weighted by Crippen LogP contribution is 2.26. The zero-order valence-electron chi connectivity index (χ0n) is 9.31. The van der Waals surface area contributed by atoms with E-state index in [1.54, 1.807) is 0 Å². The Balaban J connectivity index is 2.51. The van der Waals surface area contributed by atoms with Crippen molar-refractivity contribution in [1.82, 2.24) is 9.97 Å². The van der Waals surface area contributed by atoms with Crippen LogP contribution in [-0.4, -0.2) is 9.97 Å². The van der Waals surface area contributed by atoms with E-state index >= 15 is 0 Å². The summed E-state index contributed by atoms with van der Waals surface area (Å²) in [5.74, 6) is 0.465. The molecule has 2 rings (SSSR count). The third-order valence-corrected chi connectivity index (χ3v) is 2.93. The van der Waals surface area contributed by atoms with Gasteiger partial charge in [-0.15, -0.1) is 0 Å². The van der Waals surface area contributed by atoms with Gasteiger partial charge in [-0.2, -0.15) is 0 Å². The molecule has 0 saturated heterocycles. The SMILES string of the molecule is CC(C)c1cccnc1-c1ccc(Br)nc1. The second-order valence-corrected chi connectivity index (χ2v) is 4.78. The highest BCUT2D eigenvalue weighted by molar-refractivity contribution is 9.10. The van der Waals surface area contributed by atoms with Crippen LogP contribution in [0.3, 0.4) is 0 Å². The fraction of sp³-hybridized carbons (Fsp3) is 0.231. The smallest absolute Gasteiger partial charge is 0.106 e. The molecule has 82 valence electrons. The van der Waals surface area contributed by atoms with Gasteiger partial charge in [-0.25, -0.2) is 4.98 Å². The highest BCUT2D eigenvalue weighted by atomic mass is 79.9. The Morgan fingerprint density at radius 3 is 2.56 bits per heavy atom. The van der Waals surface area contributed by atoms with Crippen LogP contribution < -0.4 is 0 Å². The van der Waals surface area contributed by atoms with Crippen LogP contribution >= 0.6 is 15.9 Å². The summed E-state index contributed by atoms with van der Waals surface area (Å²) in [4.78, 5) is 8.68. The summed E-state index contributed by atoms with van der Waals surface area (Å²) in [7, 11) is 0. The van der Waals surface area contributed by atoms with Gasteiger partial charge in [0.25, 0.3) is 0 Å². The minimum atomic E-state index is 0.465. The number of aromatic nitrogens is 2. The molecule has 0 aliphatic heterocycles. The molecule has 3 heteroatoms. The summed E-state index contributed by atoms with van der Waals surface area (Å²) in [6.07, 6.45) is 3.67. The van der Waals surface area contributed by atoms with E-state index in [0.29, 0.717) is 5.92 Å². The molecule has 0 radical (unpaired) electrons. The molecular formula is C13H13BrN2. The molecule has 16 heavy (non-hydrogen) atoms. The van der Waals surface area contributed by atoms with Crippen molar-refractivity contribution < 1.29 is 0 Å². The van der Waals surface area contributed by atoms with Crippen molar-refractivity contribution in [3.8, 4) is 11.3 Å². The maximum absolute atomic E-state index is 4.44. The molecule has 0 bridgehead atoms. The minimum absolute atomic E-state index is 0.465. The van der Waals surface area contributed by atoms with Crippen molar-refractivity contribution in [2.75, 3.05) is 0 Å². The molecule has 2 aromatic rings. The van der Waals surface area contributed by atoms with Crippen molar-refractivity contribution in [3.63, 3.8) is 0 Å². The number of pyridine rings is 2. The summed E-state index contributed by atoms with van der Waals surface area (Å²) in [6, 6.07) is 8.07. The Morgan fingerprint density at radius 2 is 1.94 bits per heavy atom. The van der Waals surface area contributed by atoms with Gasteiger partial charge in [0.1, 0.15) is 4.60 Å². The molecule has 0 fully saturated rings. The van der Waals surface area contributed by atoms with E-state index in [-0.39, 0.29) is 0 Å². The zero-order valence-corrected chi connectivity index (χ0v) is 10.9. The highest BCUT2D eigenvalue weighted by Gasteiger charge is 2.09. The zero-order chi connectivity index (χ0) is 11.5. The lowest BCUT2D eigenvalue weighted by molar-refractivity contribution is 0.861. The first-order valence-electron chi connectivity index (χ1n) is 5.25. The summed E-state index contributed by atoms with van der Waals surface area (Å²) in [5, 5.41) is 0. The van der Waals surface area contributed by atoms with Crippen molar-refractivity contribution in [1.29, 1.82) is 0 Å². The maximum atomic E-state index is 4.44. The van der Waals surface area contributed by atoms with Gasteiger partial charge < -0.3 is 0 Å². The van der Waals surface area contributed by atoms with Crippen LogP contribution in [0.15, 0.2) is 41.3 Å². The summed E-state index contributed by atoms with van der Waals surface area (Å²) >= 11 is 3.33. The van der Waals surface area contributed by atoms with E-state index < -0.39 is 0 Å². The van der Waals surface area contributed by atoms with Crippen molar-refractivity contribution in [2.24, 2.45) is 0 Å². The lowest BCUT2D eigenvalue weighted by Gasteiger charge is -2.11. The van der Waals surface area contributed by atoms with E-state index in [4.69, 9.17) is 0 Å². The second kappa shape index (κ2) is 4.74. The predicted molar refractivity (Wildman–Crippen MR) is 69.3 cm³/mol. The molecule has 2 aromatic heterocycles. The van der Waals surface area contributed by atoms with E-state index in [1.165, 1.54) is 5.56 Å². The van der Waals surface area contributed by atoms with Crippen LogP contribution in [-0.2, 0) is 0 Å². The lowest BCUT2D eigenvalue weighted by Crippen LogP contribution is -1.95. The van der Waals surface area contributed by atoms with Gasteiger partial charge in [0.05, 0.1) is 5.69 Å². The first-order valence-corrected chi connectivity index (χ1v) is 6.04. The van der Waals surface area contributed by atoms with Crippen LogP contribution in [0.2, 0.25) is 0 Å². The number of nitrogens with zero attached hydrogens (tertiary/aromatic N) is 2. The van der Waals surface area contributed by atoms with Gasteiger partial charge in [-0.1, -0.05) is 19.9 Å². The maximum Gasteiger partial charge on any atom is 0.106 e. The van der Waals surface area contributed by atoms with Crippen molar-refractivity contribution in [3.05, 3.63) is 46.8 Å². The Kier molecular flexibility index (Phi) is 3.34. The summed E-state index contributed by atoms with van der Waals surface area (Å²) in [5.41, 5.74) is 3.34. The molecular weight excluding hydrogens is 264 g/mol. The molecule has 0 aromatic carbocycles. The predicted octanol–water partition coefficient (Wildman–Crippen LogP) is 4.03. The molecule has 0 aliphatic carbocycles. The normalized spacial score (nSPS) is 10.8.